The molecule has 0 atom stereocenters. The number of anilines is 3. The summed E-state index contributed by atoms with van der Waals surface area (Å²) in [5.74, 6) is -3.50. The largest absolute Gasteiger partial charge is 0.416 e. The average Bonchev–Trinajstić information content (AvgIpc) is 3.23. The number of nitrogens with one attached hydrogen (secondary N) is 2. The summed E-state index contributed by atoms with van der Waals surface area (Å²) in [6.07, 6.45) is -4.05. The Morgan fingerprint density at radius 3 is 2.16 bits per heavy atom. The summed E-state index contributed by atoms with van der Waals surface area (Å²) in [6.45, 7) is 0.224. The van der Waals surface area contributed by atoms with Gasteiger partial charge in [0.25, 0.3) is 5.91 Å². The number of benzene rings is 3. The number of rotatable bonds is 8. The van der Waals surface area contributed by atoms with Crippen molar-refractivity contribution < 1.29 is 31.5 Å². The van der Waals surface area contributed by atoms with E-state index in [1.165, 1.54) is 24.3 Å². The van der Waals surface area contributed by atoms with Gasteiger partial charge in [-0.1, -0.05) is 29.5 Å². The fourth-order valence-corrected chi connectivity index (χ4v) is 4.34. The van der Waals surface area contributed by atoms with Crippen molar-refractivity contribution in [2.45, 2.75) is 12.6 Å². The highest BCUT2D eigenvalue weighted by molar-refractivity contribution is 7.18. The van der Waals surface area contributed by atoms with Crippen LogP contribution in [0.25, 0.3) is 0 Å². The summed E-state index contributed by atoms with van der Waals surface area (Å²) in [6, 6.07) is 14.1. The van der Waals surface area contributed by atoms with Gasteiger partial charge in [-0.3, -0.25) is 9.59 Å². The number of alkyl halides is 3. The number of nitrogens with two attached hydrogens (primary N) is 1. The van der Waals surface area contributed by atoms with Crippen molar-refractivity contribution >= 4 is 39.7 Å². The molecule has 0 aliphatic heterocycles. The first kappa shape index (κ1) is 26.7. The van der Waals surface area contributed by atoms with Crippen molar-refractivity contribution in [3.8, 4) is 0 Å². The highest BCUT2D eigenvalue weighted by Gasteiger charge is 2.30. The first-order valence-electron chi connectivity index (χ1n) is 11.1. The topological polar surface area (TPSA) is 97.1 Å². The molecule has 1 aromatic heterocycles. The monoisotopic (exact) mass is 546 g/mol. The predicted octanol–water partition coefficient (Wildman–Crippen LogP) is 5.97. The van der Waals surface area contributed by atoms with Gasteiger partial charge in [0.05, 0.1) is 11.1 Å². The molecule has 0 fully saturated rings. The van der Waals surface area contributed by atoms with Crippen molar-refractivity contribution in [3.63, 3.8) is 0 Å². The maximum absolute atomic E-state index is 14.0. The van der Waals surface area contributed by atoms with Crippen LogP contribution in [0.15, 0.2) is 66.7 Å². The zero-order valence-electron chi connectivity index (χ0n) is 19.4. The molecule has 0 bridgehead atoms. The predicted molar refractivity (Wildman–Crippen MR) is 134 cm³/mol. The Kier molecular flexibility index (Phi) is 7.72. The molecule has 0 spiro atoms. The van der Waals surface area contributed by atoms with Gasteiger partial charge in [0.1, 0.15) is 22.3 Å². The molecule has 196 valence electrons. The number of carbonyl (C=O) groups is 2. The number of hydrogen-bond acceptors (Lipinski definition) is 6. The van der Waals surface area contributed by atoms with E-state index in [4.69, 9.17) is 5.73 Å². The van der Waals surface area contributed by atoms with E-state index in [1.807, 2.05) is 0 Å². The van der Waals surface area contributed by atoms with Crippen molar-refractivity contribution in [2.75, 3.05) is 17.6 Å². The molecule has 0 aliphatic carbocycles. The van der Waals surface area contributed by atoms with Gasteiger partial charge in [-0.25, -0.2) is 13.8 Å². The minimum absolute atomic E-state index is 0.124. The number of nitrogens with zero attached hydrogens (tertiary/aromatic N) is 1. The Morgan fingerprint density at radius 2 is 1.55 bits per heavy atom. The summed E-state index contributed by atoms with van der Waals surface area (Å²) in [4.78, 5) is 28.9. The fraction of sp³-hybridized carbons (Fsp3) is 0.115. The number of carbonyl (C=O) groups excluding carboxylic acids is 2. The van der Waals surface area contributed by atoms with Crippen LogP contribution in [0.3, 0.4) is 0 Å². The van der Waals surface area contributed by atoms with Crippen LogP contribution in [0.4, 0.5) is 38.6 Å². The number of thiazole rings is 1. The Balaban J connectivity index is 1.34. The lowest BCUT2D eigenvalue weighted by Gasteiger charge is -2.09. The van der Waals surface area contributed by atoms with Crippen LogP contribution in [0.2, 0.25) is 0 Å². The lowest BCUT2D eigenvalue weighted by atomic mass is 10.1. The minimum Gasteiger partial charge on any atom is -0.382 e. The first-order valence-corrected chi connectivity index (χ1v) is 11.9. The van der Waals surface area contributed by atoms with Gasteiger partial charge in [0.15, 0.2) is 5.13 Å². The summed E-state index contributed by atoms with van der Waals surface area (Å²) in [5.41, 5.74) is 5.85. The van der Waals surface area contributed by atoms with Crippen molar-refractivity contribution in [1.82, 2.24) is 10.3 Å². The normalized spacial score (nSPS) is 11.3. The van der Waals surface area contributed by atoms with Gasteiger partial charge in [0, 0.05) is 17.8 Å². The van der Waals surface area contributed by atoms with Crippen LogP contribution in [0, 0.1) is 11.6 Å². The first-order chi connectivity index (χ1) is 18.0. The van der Waals surface area contributed by atoms with Crippen LogP contribution >= 0.6 is 11.3 Å². The molecule has 0 saturated carbocycles. The van der Waals surface area contributed by atoms with E-state index in [0.29, 0.717) is 23.2 Å². The van der Waals surface area contributed by atoms with E-state index in [9.17, 15) is 31.5 Å². The molecule has 0 saturated heterocycles. The van der Waals surface area contributed by atoms with E-state index >= 15 is 0 Å². The third-order valence-electron chi connectivity index (χ3n) is 5.43. The molecule has 4 N–H and O–H groups in total. The number of aromatic nitrogens is 1. The summed E-state index contributed by atoms with van der Waals surface area (Å²) in [7, 11) is 0. The van der Waals surface area contributed by atoms with Crippen LogP contribution in [-0.4, -0.2) is 23.2 Å². The quantitative estimate of drug-likeness (QED) is 0.187. The standard InChI is InChI=1S/C26H19F5N4O2S/c27-18-2-1-3-19(28)20(18)21(36)22-23(32)35-25(38-22)34-17-10-6-15(7-11-17)24(37)33-13-12-14-4-8-16(9-5-14)26(29,30)31/h1-11H,12-13,32H2,(H,33,37)(H,34,35). The van der Waals surface area contributed by atoms with Gasteiger partial charge in [0.2, 0.25) is 5.78 Å². The van der Waals surface area contributed by atoms with Gasteiger partial charge >= 0.3 is 6.18 Å². The molecular formula is C26H19F5N4O2S. The summed E-state index contributed by atoms with van der Waals surface area (Å²) >= 11 is 0.825. The third-order valence-corrected chi connectivity index (χ3v) is 6.41. The molecule has 38 heavy (non-hydrogen) atoms. The zero-order valence-corrected chi connectivity index (χ0v) is 20.2. The third kappa shape index (κ3) is 6.14. The van der Waals surface area contributed by atoms with E-state index in [-0.39, 0.29) is 28.3 Å². The van der Waals surface area contributed by atoms with Crippen LogP contribution < -0.4 is 16.4 Å². The molecule has 4 aromatic rings. The molecule has 1 heterocycles. The fourth-order valence-electron chi connectivity index (χ4n) is 3.49. The molecule has 0 unspecified atom stereocenters. The average molecular weight is 547 g/mol. The van der Waals surface area contributed by atoms with Gasteiger partial charge < -0.3 is 16.4 Å². The van der Waals surface area contributed by atoms with Gasteiger partial charge in [-0.05, 0) is 60.5 Å². The Morgan fingerprint density at radius 1 is 0.921 bits per heavy atom. The number of ketones is 1. The highest BCUT2D eigenvalue weighted by Crippen LogP contribution is 2.31. The molecule has 4 rings (SSSR count). The Bertz CT molecular complexity index is 1450. The maximum Gasteiger partial charge on any atom is 0.416 e. The zero-order chi connectivity index (χ0) is 27.4. The van der Waals surface area contributed by atoms with Crippen LogP contribution in [0.5, 0.6) is 0 Å². The second-order valence-electron chi connectivity index (χ2n) is 8.06. The molecule has 6 nitrogen and oxygen atoms in total. The number of halogens is 5. The number of nitrogen functional groups attached to an aromatic ring is 1. The second kappa shape index (κ2) is 11.0. The van der Waals surface area contributed by atoms with Crippen molar-refractivity contribution in [3.05, 3.63) is 105 Å². The lowest BCUT2D eigenvalue weighted by molar-refractivity contribution is -0.137. The maximum atomic E-state index is 14.0. The van der Waals surface area contributed by atoms with Gasteiger partial charge in [-0.15, -0.1) is 0 Å². The van der Waals surface area contributed by atoms with Crippen molar-refractivity contribution in [1.29, 1.82) is 0 Å². The van der Waals surface area contributed by atoms with Crippen molar-refractivity contribution in [2.24, 2.45) is 0 Å². The van der Waals surface area contributed by atoms with Crippen LogP contribution in [0.1, 0.15) is 36.7 Å². The number of hydrogen-bond donors (Lipinski definition) is 3. The SMILES string of the molecule is Nc1nc(Nc2ccc(C(=O)NCCc3ccc(C(F)(F)F)cc3)cc2)sc1C(=O)c1c(F)cccc1F. The highest BCUT2D eigenvalue weighted by atomic mass is 32.1. The molecular weight excluding hydrogens is 527 g/mol. The second-order valence-corrected chi connectivity index (χ2v) is 9.06. The molecule has 12 heteroatoms. The van der Waals surface area contributed by atoms with E-state index < -0.39 is 34.7 Å². The molecule has 0 radical (unpaired) electrons. The Labute approximate surface area is 217 Å². The molecule has 0 aliphatic rings. The molecule has 3 aromatic carbocycles. The summed E-state index contributed by atoms with van der Waals surface area (Å²) < 4.78 is 65.9. The molecule has 1 amide bonds. The Hall–Kier alpha value is -4.32. The lowest BCUT2D eigenvalue weighted by Crippen LogP contribution is -2.25. The van der Waals surface area contributed by atoms with E-state index in [1.54, 1.807) is 12.1 Å². The summed E-state index contributed by atoms with van der Waals surface area (Å²) in [5, 5.41) is 5.83. The van der Waals surface area contributed by atoms with E-state index in [0.717, 1.165) is 41.7 Å². The van der Waals surface area contributed by atoms with E-state index in [2.05, 4.69) is 15.6 Å². The van der Waals surface area contributed by atoms with Gasteiger partial charge in [-0.2, -0.15) is 13.2 Å². The minimum atomic E-state index is -4.40. The number of amides is 1. The van der Waals surface area contributed by atoms with Crippen LogP contribution in [-0.2, 0) is 12.6 Å². The smallest absolute Gasteiger partial charge is 0.382 e.